The number of benzene rings is 14. The molecule has 4 nitrogen and oxygen atoms in total. The second kappa shape index (κ2) is 20.5. The van der Waals surface area contributed by atoms with E-state index in [0.29, 0.717) is 5.69 Å². The van der Waals surface area contributed by atoms with Gasteiger partial charge in [0, 0.05) is 72.2 Å². The maximum atomic E-state index is 9.71. The van der Waals surface area contributed by atoms with Gasteiger partial charge in [0.15, 0.2) is 0 Å². The zero-order valence-electron chi connectivity index (χ0n) is 55.9. The fourth-order valence-electron chi connectivity index (χ4n) is 14.1. The summed E-state index contributed by atoms with van der Waals surface area (Å²) in [6.45, 7) is -0.475. The molecule has 5 heteroatoms. The lowest BCUT2D eigenvalue weighted by atomic mass is 9.33. The van der Waals surface area contributed by atoms with Crippen LogP contribution >= 0.6 is 0 Å². The molecular weight excluding hydrogens is 1080 g/mol. The molecule has 0 aliphatic carbocycles. The lowest BCUT2D eigenvalue weighted by molar-refractivity contribution is 0.669. The van der Waals surface area contributed by atoms with Gasteiger partial charge in [-0.15, -0.1) is 0 Å². The quantitative estimate of drug-likeness (QED) is 0.135. The highest BCUT2D eigenvalue weighted by atomic mass is 16.3. The monoisotopic (exact) mass is 1140 g/mol. The molecule has 2 aliphatic rings. The van der Waals surface area contributed by atoms with Crippen LogP contribution in [0.4, 0.5) is 34.1 Å². The fourth-order valence-corrected chi connectivity index (χ4v) is 14.1. The van der Waals surface area contributed by atoms with Crippen molar-refractivity contribution in [2.75, 3.05) is 9.80 Å². The highest BCUT2D eigenvalue weighted by Crippen LogP contribution is 2.54. The molecular formula is C84H54BN3O. The molecule has 89 heavy (non-hydrogen) atoms. The minimum absolute atomic E-state index is 0.00807. The molecule has 0 N–H and O–H groups in total. The Morgan fingerprint density at radius 1 is 0.292 bits per heavy atom. The van der Waals surface area contributed by atoms with E-state index in [1.807, 2.05) is 42.5 Å². The summed E-state index contributed by atoms with van der Waals surface area (Å²) in [6, 6.07) is 94.6. The highest BCUT2D eigenvalue weighted by molar-refractivity contribution is 7.00. The zero-order chi connectivity index (χ0) is 65.5. The molecule has 414 valence electrons. The zero-order valence-corrected chi connectivity index (χ0v) is 47.9. The van der Waals surface area contributed by atoms with E-state index in [1.54, 1.807) is 4.57 Å². The standard InChI is InChI=1S/C84H54BN3O/c1-6-24-55(25-7-1)62-52-78-82-79(53-62)88(84-66(58-30-12-4-13-31-58)39-23-40-67(84)59-32-14-5-15-33-59)77-54-63(86-74-41-19-16-34-68(74)69-35-17-20-42-75(69)86)46-48-73(77)85(82)72-47-44-61(60-45-49-81-71(50-60)70-36-18-21-43-80(70)89-81)51-76(72)87(78)83-64(56-26-8-2-9-27-56)37-22-38-65(83)57-28-10-3-11-29-57/h1-54H/i16D,17D,19D,20D,34D,35D,41D,42D. The second-order valence-electron chi connectivity index (χ2n) is 22.9. The number of hydrogen-bond acceptors (Lipinski definition) is 3. The molecule has 0 unspecified atom stereocenters. The van der Waals surface area contributed by atoms with E-state index in [-0.39, 0.29) is 33.9 Å². The van der Waals surface area contributed by atoms with Crippen LogP contribution in [0.1, 0.15) is 11.0 Å². The molecule has 0 saturated heterocycles. The molecule has 0 amide bonds. The highest BCUT2D eigenvalue weighted by Gasteiger charge is 2.45. The number of anilines is 6. The normalized spacial score (nSPS) is 13.7. The Morgan fingerprint density at radius 2 is 0.708 bits per heavy atom. The van der Waals surface area contributed by atoms with Crippen LogP contribution in [0, 0.1) is 0 Å². The van der Waals surface area contributed by atoms with Crippen molar-refractivity contribution in [3.63, 3.8) is 0 Å². The van der Waals surface area contributed by atoms with Crippen LogP contribution < -0.4 is 26.2 Å². The topological polar surface area (TPSA) is 24.6 Å². The molecule has 4 heterocycles. The van der Waals surface area contributed by atoms with E-state index in [4.69, 9.17) is 9.90 Å². The van der Waals surface area contributed by atoms with Crippen LogP contribution in [0.2, 0.25) is 0 Å². The third kappa shape index (κ3) is 8.09. The molecule has 0 fully saturated rings. The Morgan fingerprint density at radius 3 is 1.24 bits per heavy atom. The number of para-hydroxylation sites is 5. The number of rotatable bonds is 9. The van der Waals surface area contributed by atoms with Gasteiger partial charge in [-0.25, -0.2) is 0 Å². The van der Waals surface area contributed by atoms with Gasteiger partial charge in [0.1, 0.15) is 11.2 Å². The lowest BCUT2D eigenvalue weighted by Crippen LogP contribution is -2.61. The third-order valence-corrected chi connectivity index (χ3v) is 18.0. The molecule has 16 aromatic rings. The van der Waals surface area contributed by atoms with Crippen molar-refractivity contribution in [3.05, 3.63) is 327 Å². The largest absolute Gasteiger partial charge is 0.456 e. The maximum Gasteiger partial charge on any atom is 0.252 e. The van der Waals surface area contributed by atoms with Crippen molar-refractivity contribution >= 4 is 101 Å². The molecule has 2 aromatic heterocycles. The van der Waals surface area contributed by atoms with Gasteiger partial charge in [-0.1, -0.05) is 267 Å². The van der Waals surface area contributed by atoms with Crippen molar-refractivity contribution in [1.82, 2.24) is 4.57 Å². The van der Waals surface area contributed by atoms with Crippen molar-refractivity contribution in [2.24, 2.45) is 0 Å². The van der Waals surface area contributed by atoms with Gasteiger partial charge in [0.2, 0.25) is 0 Å². The SMILES string of the molecule is [2H]c1c([2H])c([2H])c2c(c1[2H])c1c([2H])c([2H])c([2H])c([2H])c1n2-c1ccc2c(c1)N(c1c(-c3ccccc3)cccc1-c1ccccc1)c1cc(-c3ccccc3)cc3c1B2c1ccc(-c2ccc4oc5ccccc5c4c2)cc1N3c1c(-c2ccccc2)cccc1-c1ccccc1. The summed E-state index contributed by atoms with van der Waals surface area (Å²) in [5.74, 6) is 0. The van der Waals surface area contributed by atoms with Crippen LogP contribution in [-0.4, -0.2) is 11.3 Å². The van der Waals surface area contributed by atoms with Crippen LogP contribution in [0.5, 0.6) is 0 Å². The number of hydrogen-bond donors (Lipinski definition) is 0. The summed E-state index contributed by atoms with van der Waals surface area (Å²) >= 11 is 0. The molecule has 0 saturated carbocycles. The molecule has 14 aromatic carbocycles. The second-order valence-corrected chi connectivity index (χ2v) is 22.9. The first-order valence-electron chi connectivity index (χ1n) is 34.0. The van der Waals surface area contributed by atoms with Gasteiger partial charge in [-0.2, -0.15) is 0 Å². The molecule has 0 spiro atoms. The smallest absolute Gasteiger partial charge is 0.252 e. The summed E-state index contributed by atoms with van der Waals surface area (Å²) in [5, 5.41) is 2.07. The Bertz CT molecular complexity index is 5750. The number of nitrogens with zero attached hydrogens (tertiary/aromatic N) is 3. The summed E-state index contributed by atoms with van der Waals surface area (Å²) in [6.07, 6.45) is 0. The van der Waals surface area contributed by atoms with E-state index in [0.717, 1.165) is 139 Å². The Labute approximate surface area is 528 Å². The van der Waals surface area contributed by atoms with E-state index < -0.39 is 43.0 Å². The predicted octanol–water partition coefficient (Wildman–Crippen LogP) is 20.8. The van der Waals surface area contributed by atoms with Gasteiger partial charge >= 0.3 is 0 Å². The minimum atomic E-state index is -0.501. The van der Waals surface area contributed by atoms with Crippen LogP contribution in [0.25, 0.3) is 116 Å². The van der Waals surface area contributed by atoms with Gasteiger partial charge in [-0.05, 0) is 122 Å². The van der Waals surface area contributed by atoms with E-state index in [9.17, 15) is 5.48 Å². The van der Waals surface area contributed by atoms with Crippen molar-refractivity contribution in [1.29, 1.82) is 0 Å². The van der Waals surface area contributed by atoms with E-state index in [1.165, 1.54) is 0 Å². The summed E-state index contributed by atoms with van der Waals surface area (Å²) in [4.78, 5) is 4.92. The average Bonchev–Trinajstić information content (AvgIpc) is 1.26. The third-order valence-electron chi connectivity index (χ3n) is 18.0. The predicted molar refractivity (Wildman–Crippen MR) is 375 cm³/mol. The Hall–Kier alpha value is -11.7. The van der Waals surface area contributed by atoms with Gasteiger partial charge in [-0.3, -0.25) is 0 Å². The summed E-state index contributed by atoms with van der Waals surface area (Å²) in [7, 11) is 0. The molecule has 0 atom stereocenters. The first-order chi connectivity index (χ1) is 47.5. The molecule has 0 bridgehead atoms. The number of furan rings is 1. The molecule has 0 radical (unpaired) electrons. The first kappa shape index (κ1) is 43.0. The maximum absolute atomic E-state index is 9.71. The van der Waals surface area contributed by atoms with E-state index in [2.05, 4.69) is 246 Å². The minimum Gasteiger partial charge on any atom is -0.456 e. The van der Waals surface area contributed by atoms with Gasteiger partial charge in [0.25, 0.3) is 6.71 Å². The molecule has 2 aliphatic heterocycles. The van der Waals surface area contributed by atoms with Crippen LogP contribution in [0.15, 0.2) is 332 Å². The van der Waals surface area contributed by atoms with Crippen molar-refractivity contribution in [3.8, 4) is 72.4 Å². The number of aromatic nitrogens is 1. The summed E-state index contributed by atoms with van der Waals surface area (Å²) < 4.78 is 82.6. The van der Waals surface area contributed by atoms with Gasteiger partial charge < -0.3 is 18.8 Å². The summed E-state index contributed by atoms with van der Waals surface area (Å²) in [5.41, 5.74) is 22.5. The fraction of sp³-hybridized carbons (Fsp3) is 0. The molecule has 18 rings (SSSR count). The van der Waals surface area contributed by atoms with Crippen LogP contribution in [0.3, 0.4) is 0 Å². The lowest BCUT2D eigenvalue weighted by Gasteiger charge is -2.46. The van der Waals surface area contributed by atoms with Crippen LogP contribution in [-0.2, 0) is 0 Å². The van der Waals surface area contributed by atoms with Gasteiger partial charge in [0.05, 0.1) is 33.4 Å². The van der Waals surface area contributed by atoms with Crippen molar-refractivity contribution in [2.45, 2.75) is 0 Å². The Kier molecular flexibility index (Phi) is 9.92. The Balaban J connectivity index is 1.02. The van der Waals surface area contributed by atoms with E-state index >= 15 is 0 Å². The first-order valence-corrected chi connectivity index (χ1v) is 30.0. The number of fused-ring (bicyclic) bond motifs is 10. The average molecular weight is 1140 g/mol. The van der Waals surface area contributed by atoms with Crippen molar-refractivity contribution < 1.29 is 15.4 Å².